The summed E-state index contributed by atoms with van der Waals surface area (Å²) in [5, 5.41) is 3.42. The van der Waals surface area contributed by atoms with Crippen LogP contribution in [0.5, 0.6) is 0 Å². The number of hydrogen-bond acceptors (Lipinski definition) is 2. The molecule has 1 aromatic carbocycles. The monoisotopic (exact) mass is 243 g/mol. The number of nitrogens with zero attached hydrogens (tertiary/aromatic N) is 1. The molecule has 0 unspecified atom stereocenters. The number of imidazole rings is 1. The summed E-state index contributed by atoms with van der Waals surface area (Å²) in [6.07, 6.45) is 4.98. The van der Waals surface area contributed by atoms with Crippen LogP contribution < -0.4 is 5.32 Å². The summed E-state index contributed by atoms with van der Waals surface area (Å²) >= 11 is 0. The van der Waals surface area contributed by atoms with Gasteiger partial charge in [-0.2, -0.15) is 0 Å². The van der Waals surface area contributed by atoms with Crippen LogP contribution in [0.3, 0.4) is 0 Å². The van der Waals surface area contributed by atoms with Crippen LogP contribution >= 0.6 is 0 Å². The van der Waals surface area contributed by atoms with Gasteiger partial charge in [0.15, 0.2) is 0 Å². The minimum atomic E-state index is 0.876. The van der Waals surface area contributed by atoms with Crippen molar-refractivity contribution < 1.29 is 0 Å². The van der Waals surface area contributed by atoms with Gasteiger partial charge in [-0.25, -0.2) is 4.98 Å². The van der Waals surface area contributed by atoms with Gasteiger partial charge < -0.3 is 10.3 Å². The second-order valence-corrected chi connectivity index (χ2v) is 5.39. The van der Waals surface area contributed by atoms with E-state index in [1.807, 2.05) is 0 Å². The van der Waals surface area contributed by atoms with Crippen molar-refractivity contribution in [1.82, 2.24) is 15.3 Å². The first kappa shape index (κ1) is 11.7. The Morgan fingerprint density at radius 3 is 2.89 bits per heavy atom. The van der Waals surface area contributed by atoms with Crippen LogP contribution in [0, 0.1) is 12.8 Å². The second-order valence-electron chi connectivity index (χ2n) is 5.39. The largest absolute Gasteiger partial charge is 0.342 e. The van der Waals surface area contributed by atoms with Crippen LogP contribution in [-0.2, 0) is 6.42 Å². The summed E-state index contributed by atoms with van der Waals surface area (Å²) in [4.78, 5) is 8.17. The van der Waals surface area contributed by atoms with Crippen LogP contribution in [0.15, 0.2) is 18.2 Å². The van der Waals surface area contributed by atoms with E-state index in [1.165, 1.54) is 43.4 Å². The molecule has 0 aliphatic carbocycles. The van der Waals surface area contributed by atoms with Crippen LogP contribution in [-0.4, -0.2) is 23.1 Å². The number of nitrogens with one attached hydrogen (secondary N) is 2. The average molecular weight is 243 g/mol. The van der Waals surface area contributed by atoms with Gasteiger partial charge in [0.2, 0.25) is 0 Å². The molecule has 1 aliphatic heterocycles. The van der Waals surface area contributed by atoms with E-state index in [0.717, 1.165) is 23.7 Å². The summed E-state index contributed by atoms with van der Waals surface area (Å²) in [5.74, 6) is 2.03. The fourth-order valence-corrected chi connectivity index (χ4v) is 2.86. The molecule has 2 aromatic rings. The summed E-state index contributed by atoms with van der Waals surface area (Å²) in [6, 6.07) is 6.33. The fraction of sp³-hybridized carbons (Fsp3) is 0.533. The fourth-order valence-electron chi connectivity index (χ4n) is 2.86. The van der Waals surface area contributed by atoms with E-state index in [-0.39, 0.29) is 0 Å². The molecule has 0 atom stereocenters. The third-order valence-corrected chi connectivity index (χ3v) is 4.01. The predicted molar refractivity (Wildman–Crippen MR) is 74.7 cm³/mol. The number of aryl methyl sites for hydroxylation is 2. The molecule has 96 valence electrons. The summed E-state index contributed by atoms with van der Waals surface area (Å²) in [5.41, 5.74) is 3.57. The number of benzene rings is 1. The van der Waals surface area contributed by atoms with Crippen molar-refractivity contribution in [1.29, 1.82) is 0 Å². The molecule has 1 saturated heterocycles. The van der Waals surface area contributed by atoms with Crippen molar-refractivity contribution in [3.05, 3.63) is 29.6 Å². The van der Waals surface area contributed by atoms with Gasteiger partial charge in [-0.3, -0.25) is 0 Å². The minimum Gasteiger partial charge on any atom is -0.342 e. The van der Waals surface area contributed by atoms with E-state index >= 15 is 0 Å². The first-order valence-electron chi connectivity index (χ1n) is 6.98. The van der Waals surface area contributed by atoms with E-state index < -0.39 is 0 Å². The summed E-state index contributed by atoms with van der Waals surface area (Å²) in [7, 11) is 0. The Labute approximate surface area is 108 Å². The van der Waals surface area contributed by atoms with Crippen molar-refractivity contribution in [2.45, 2.75) is 32.6 Å². The van der Waals surface area contributed by atoms with Crippen molar-refractivity contribution in [2.75, 3.05) is 13.1 Å². The maximum absolute atomic E-state index is 4.73. The molecular weight excluding hydrogens is 222 g/mol. The highest BCUT2D eigenvalue weighted by atomic mass is 14.9. The van der Waals surface area contributed by atoms with E-state index in [4.69, 9.17) is 4.98 Å². The van der Waals surface area contributed by atoms with Crippen molar-refractivity contribution in [2.24, 2.45) is 5.92 Å². The number of hydrogen-bond donors (Lipinski definition) is 2. The highest BCUT2D eigenvalue weighted by molar-refractivity contribution is 5.78. The maximum atomic E-state index is 4.73. The lowest BCUT2D eigenvalue weighted by Gasteiger charge is -2.21. The van der Waals surface area contributed by atoms with Crippen LogP contribution in [0.1, 0.15) is 30.7 Å². The SMILES string of the molecule is Cc1cccc2[nH]c(CCC3CCNCC3)nc12. The number of rotatable bonds is 3. The zero-order valence-electron chi connectivity index (χ0n) is 11.0. The van der Waals surface area contributed by atoms with Gasteiger partial charge in [0.05, 0.1) is 11.0 Å². The highest BCUT2D eigenvalue weighted by Gasteiger charge is 2.13. The Bertz CT molecular complexity index is 524. The summed E-state index contributed by atoms with van der Waals surface area (Å²) in [6.45, 7) is 4.49. The molecule has 0 spiro atoms. The van der Waals surface area contributed by atoms with Crippen LogP contribution in [0.2, 0.25) is 0 Å². The van der Waals surface area contributed by atoms with E-state index in [9.17, 15) is 0 Å². The molecule has 3 heteroatoms. The van der Waals surface area contributed by atoms with Gasteiger partial charge in [0, 0.05) is 6.42 Å². The van der Waals surface area contributed by atoms with Gasteiger partial charge in [0.25, 0.3) is 0 Å². The Hall–Kier alpha value is -1.35. The molecule has 3 nitrogen and oxygen atoms in total. The second kappa shape index (κ2) is 5.11. The quantitative estimate of drug-likeness (QED) is 0.870. The lowest BCUT2D eigenvalue weighted by atomic mass is 9.93. The first-order valence-corrected chi connectivity index (χ1v) is 6.98. The topological polar surface area (TPSA) is 40.7 Å². The lowest BCUT2D eigenvalue weighted by Crippen LogP contribution is -2.27. The Morgan fingerprint density at radius 1 is 1.28 bits per heavy atom. The van der Waals surface area contributed by atoms with Crippen molar-refractivity contribution in [3.8, 4) is 0 Å². The normalized spacial score (nSPS) is 17.4. The molecule has 3 rings (SSSR count). The molecular formula is C15H21N3. The molecule has 1 fully saturated rings. The Kier molecular flexibility index (Phi) is 3.33. The Balaban J connectivity index is 1.69. The number of H-pyrrole nitrogens is 1. The number of aromatic amines is 1. The lowest BCUT2D eigenvalue weighted by molar-refractivity contribution is 0.352. The third kappa shape index (κ3) is 2.41. The summed E-state index contributed by atoms with van der Waals surface area (Å²) < 4.78 is 0. The standard InChI is InChI=1S/C15H21N3/c1-11-3-2-4-13-15(11)18-14(17-13)6-5-12-7-9-16-10-8-12/h2-4,12,16H,5-10H2,1H3,(H,17,18). The van der Waals surface area contributed by atoms with Gasteiger partial charge in [-0.05, 0) is 56.8 Å². The smallest absolute Gasteiger partial charge is 0.107 e. The molecule has 2 heterocycles. The molecule has 1 aromatic heterocycles. The average Bonchev–Trinajstić information content (AvgIpc) is 2.82. The molecule has 0 bridgehead atoms. The van der Waals surface area contributed by atoms with Crippen molar-refractivity contribution >= 4 is 11.0 Å². The highest BCUT2D eigenvalue weighted by Crippen LogP contribution is 2.20. The van der Waals surface area contributed by atoms with Crippen LogP contribution in [0.25, 0.3) is 11.0 Å². The van der Waals surface area contributed by atoms with E-state index in [0.29, 0.717) is 0 Å². The number of para-hydroxylation sites is 1. The van der Waals surface area contributed by atoms with Crippen molar-refractivity contribution in [3.63, 3.8) is 0 Å². The molecule has 0 saturated carbocycles. The Morgan fingerprint density at radius 2 is 2.11 bits per heavy atom. The third-order valence-electron chi connectivity index (χ3n) is 4.01. The molecule has 2 N–H and O–H groups in total. The first-order chi connectivity index (χ1) is 8.83. The molecule has 1 aliphatic rings. The van der Waals surface area contributed by atoms with E-state index in [2.05, 4.69) is 35.4 Å². The van der Waals surface area contributed by atoms with Gasteiger partial charge >= 0.3 is 0 Å². The number of aromatic nitrogens is 2. The zero-order valence-corrected chi connectivity index (χ0v) is 11.0. The molecule has 0 radical (unpaired) electrons. The van der Waals surface area contributed by atoms with E-state index in [1.54, 1.807) is 0 Å². The molecule has 0 amide bonds. The number of fused-ring (bicyclic) bond motifs is 1. The minimum absolute atomic E-state index is 0.876. The van der Waals surface area contributed by atoms with Crippen LogP contribution in [0.4, 0.5) is 0 Å². The molecule has 18 heavy (non-hydrogen) atoms. The number of piperidine rings is 1. The maximum Gasteiger partial charge on any atom is 0.107 e. The predicted octanol–water partition coefficient (Wildman–Crippen LogP) is 2.80. The zero-order chi connectivity index (χ0) is 12.4. The van der Waals surface area contributed by atoms with Gasteiger partial charge in [-0.1, -0.05) is 12.1 Å². The van der Waals surface area contributed by atoms with Gasteiger partial charge in [-0.15, -0.1) is 0 Å². The van der Waals surface area contributed by atoms with Gasteiger partial charge in [0.1, 0.15) is 5.82 Å².